The SMILES string of the molecule is CCCCc1c(C=Cc2ccccc2C)nc2ccc(C(=O)O)cn2c1=O. The van der Waals surface area contributed by atoms with Gasteiger partial charge in [-0.25, -0.2) is 9.78 Å². The van der Waals surface area contributed by atoms with E-state index in [-0.39, 0.29) is 11.1 Å². The van der Waals surface area contributed by atoms with Crippen LogP contribution in [0.15, 0.2) is 47.4 Å². The van der Waals surface area contributed by atoms with Gasteiger partial charge in [0.15, 0.2) is 0 Å². The first kappa shape index (κ1) is 18.6. The smallest absolute Gasteiger partial charge is 0.337 e. The van der Waals surface area contributed by atoms with Crippen LogP contribution in [0.5, 0.6) is 0 Å². The molecular formula is C22H22N2O3. The maximum atomic E-state index is 13.0. The molecule has 138 valence electrons. The fraction of sp³-hybridized carbons (Fsp3) is 0.227. The normalized spacial score (nSPS) is 11.3. The summed E-state index contributed by atoms with van der Waals surface area (Å²) in [6, 6.07) is 11.0. The number of hydrogen-bond acceptors (Lipinski definition) is 3. The highest BCUT2D eigenvalue weighted by molar-refractivity contribution is 5.87. The van der Waals surface area contributed by atoms with Gasteiger partial charge < -0.3 is 5.11 Å². The van der Waals surface area contributed by atoms with Gasteiger partial charge in [-0.05, 0) is 49.1 Å². The Labute approximate surface area is 157 Å². The molecule has 0 amide bonds. The van der Waals surface area contributed by atoms with Crippen LogP contribution in [-0.4, -0.2) is 20.5 Å². The van der Waals surface area contributed by atoms with Gasteiger partial charge in [0.05, 0.1) is 11.3 Å². The summed E-state index contributed by atoms with van der Waals surface area (Å²) in [7, 11) is 0. The molecule has 5 nitrogen and oxygen atoms in total. The van der Waals surface area contributed by atoms with E-state index < -0.39 is 5.97 Å². The molecule has 0 fully saturated rings. The van der Waals surface area contributed by atoms with Crippen LogP contribution in [-0.2, 0) is 6.42 Å². The zero-order valence-electron chi connectivity index (χ0n) is 15.5. The Morgan fingerprint density at radius 1 is 1.19 bits per heavy atom. The molecule has 0 atom stereocenters. The summed E-state index contributed by atoms with van der Waals surface area (Å²) in [4.78, 5) is 28.8. The number of carboxylic acid groups (broad SMARTS) is 1. The minimum Gasteiger partial charge on any atom is -0.478 e. The van der Waals surface area contributed by atoms with Crippen LogP contribution in [0.3, 0.4) is 0 Å². The largest absolute Gasteiger partial charge is 0.478 e. The Morgan fingerprint density at radius 2 is 1.96 bits per heavy atom. The molecule has 2 aromatic heterocycles. The molecule has 0 bridgehead atoms. The number of aromatic carboxylic acids is 1. The number of carbonyl (C=O) groups is 1. The minimum absolute atomic E-state index is 0.0658. The van der Waals surface area contributed by atoms with Crippen molar-refractivity contribution in [3.05, 3.63) is 80.9 Å². The second-order valence-corrected chi connectivity index (χ2v) is 6.53. The first-order valence-corrected chi connectivity index (χ1v) is 9.03. The molecule has 0 saturated carbocycles. The molecule has 0 aliphatic carbocycles. The summed E-state index contributed by atoms with van der Waals surface area (Å²) in [5.41, 5.74) is 3.77. The standard InChI is InChI=1S/C22H22N2O3/c1-3-4-9-18-19(12-10-16-8-6-5-7-15(16)2)23-20-13-11-17(22(26)27)14-24(20)21(18)25/h5-8,10-14H,3-4,9H2,1-2H3,(H,26,27). The van der Waals surface area contributed by atoms with Gasteiger partial charge in [-0.1, -0.05) is 43.7 Å². The van der Waals surface area contributed by atoms with Crippen LogP contribution in [0.25, 0.3) is 17.8 Å². The molecule has 3 rings (SSSR count). The van der Waals surface area contributed by atoms with Gasteiger partial charge in [0, 0.05) is 11.8 Å². The third kappa shape index (κ3) is 3.97. The van der Waals surface area contributed by atoms with Crippen molar-refractivity contribution >= 4 is 23.8 Å². The number of unbranched alkanes of at least 4 members (excludes halogenated alkanes) is 1. The third-order valence-corrected chi connectivity index (χ3v) is 4.58. The van der Waals surface area contributed by atoms with E-state index in [1.807, 2.05) is 43.3 Å². The molecule has 0 saturated heterocycles. The highest BCUT2D eigenvalue weighted by Gasteiger charge is 2.13. The highest BCUT2D eigenvalue weighted by Crippen LogP contribution is 2.15. The highest BCUT2D eigenvalue weighted by atomic mass is 16.4. The number of benzene rings is 1. The zero-order valence-corrected chi connectivity index (χ0v) is 15.5. The number of rotatable bonds is 6. The summed E-state index contributed by atoms with van der Waals surface area (Å²) in [6.07, 6.45) is 7.62. The van der Waals surface area contributed by atoms with Crippen LogP contribution < -0.4 is 5.56 Å². The van der Waals surface area contributed by atoms with E-state index in [0.29, 0.717) is 23.3 Å². The molecule has 2 heterocycles. The monoisotopic (exact) mass is 362 g/mol. The summed E-state index contributed by atoms with van der Waals surface area (Å²) >= 11 is 0. The predicted molar refractivity (Wildman–Crippen MR) is 107 cm³/mol. The molecule has 0 aliphatic rings. The van der Waals surface area contributed by atoms with Crippen molar-refractivity contribution in [3.63, 3.8) is 0 Å². The number of nitrogens with zero attached hydrogens (tertiary/aromatic N) is 2. The van der Waals surface area contributed by atoms with E-state index in [1.54, 1.807) is 6.07 Å². The first-order valence-electron chi connectivity index (χ1n) is 9.03. The minimum atomic E-state index is -1.07. The number of aromatic nitrogens is 2. The van der Waals surface area contributed by atoms with Gasteiger partial charge in [-0.15, -0.1) is 0 Å². The molecule has 0 unspecified atom stereocenters. The number of pyridine rings is 1. The molecule has 27 heavy (non-hydrogen) atoms. The summed E-state index contributed by atoms with van der Waals surface area (Å²) in [5, 5.41) is 9.19. The number of hydrogen-bond donors (Lipinski definition) is 1. The van der Waals surface area contributed by atoms with Crippen LogP contribution in [0, 0.1) is 6.92 Å². The van der Waals surface area contributed by atoms with Crippen LogP contribution in [0.4, 0.5) is 0 Å². The van der Waals surface area contributed by atoms with Crippen molar-refractivity contribution in [1.29, 1.82) is 0 Å². The first-order chi connectivity index (χ1) is 13.0. The molecule has 3 aromatic rings. The van der Waals surface area contributed by atoms with E-state index in [1.165, 1.54) is 16.7 Å². The van der Waals surface area contributed by atoms with Gasteiger partial charge in [0.2, 0.25) is 0 Å². The fourth-order valence-corrected chi connectivity index (χ4v) is 2.99. The molecule has 5 heteroatoms. The van der Waals surface area contributed by atoms with Crippen molar-refractivity contribution < 1.29 is 9.90 Å². The molecule has 0 aliphatic heterocycles. The van der Waals surface area contributed by atoms with E-state index in [9.17, 15) is 14.7 Å². The van der Waals surface area contributed by atoms with E-state index in [2.05, 4.69) is 11.9 Å². The van der Waals surface area contributed by atoms with Crippen LogP contribution in [0.2, 0.25) is 0 Å². The summed E-state index contributed by atoms with van der Waals surface area (Å²) in [5.74, 6) is -1.07. The lowest BCUT2D eigenvalue weighted by Crippen LogP contribution is -2.22. The Balaban J connectivity index is 2.15. The lowest BCUT2D eigenvalue weighted by atomic mass is 10.0. The van der Waals surface area contributed by atoms with E-state index >= 15 is 0 Å². The van der Waals surface area contributed by atoms with Gasteiger partial charge in [0.25, 0.3) is 5.56 Å². The van der Waals surface area contributed by atoms with Crippen molar-refractivity contribution in [1.82, 2.24) is 9.38 Å². The third-order valence-electron chi connectivity index (χ3n) is 4.58. The average molecular weight is 362 g/mol. The maximum absolute atomic E-state index is 13.0. The van der Waals surface area contributed by atoms with Gasteiger partial charge in [-0.2, -0.15) is 0 Å². The Bertz CT molecular complexity index is 1080. The molecular weight excluding hydrogens is 340 g/mol. The molecule has 0 spiro atoms. The van der Waals surface area contributed by atoms with Gasteiger partial charge in [-0.3, -0.25) is 9.20 Å². The maximum Gasteiger partial charge on any atom is 0.337 e. The number of fused-ring (bicyclic) bond motifs is 1. The van der Waals surface area contributed by atoms with Crippen molar-refractivity contribution in [2.45, 2.75) is 33.1 Å². The summed E-state index contributed by atoms with van der Waals surface area (Å²) in [6.45, 7) is 4.10. The molecule has 1 N–H and O–H groups in total. The van der Waals surface area contributed by atoms with Crippen molar-refractivity contribution in [2.75, 3.05) is 0 Å². The lowest BCUT2D eigenvalue weighted by Gasteiger charge is -2.09. The molecule has 1 aromatic carbocycles. The lowest BCUT2D eigenvalue weighted by molar-refractivity contribution is 0.0696. The Kier molecular flexibility index (Phi) is 5.50. The average Bonchev–Trinajstić information content (AvgIpc) is 2.66. The Morgan fingerprint density at radius 3 is 2.67 bits per heavy atom. The van der Waals surface area contributed by atoms with E-state index in [4.69, 9.17) is 0 Å². The van der Waals surface area contributed by atoms with Gasteiger partial charge in [0.1, 0.15) is 5.65 Å². The van der Waals surface area contributed by atoms with E-state index in [0.717, 1.165) is 24.0 Å². The number of carboxylic acids is 1. The van der Waals surface area contributed by atoms with Crippen LogP contribution in [0.1, 0.15) is 52.5 Å². The number of aryl methyl sites for hydroxylation is 1. The summed E-state index contributed by atoms with van der Waals surface area (Å²) < 4.78 is 1.33. The predicted octanol–water partition coefficient (Wildman–Crippen LogP) is 4.21. The molecule has 0 radical (unpaired) electrons. The van der Waals surface area contributed by atoms with Crippen LogP contribution >= 0.6 is 0 Å². The fourth-order valence-electron chi connectivity index (χ4n) is 2.99. The van der Waals surface area contributed by atoms with Gasteiger partial charge >= 0.3 is 5.97 Å². The second-order valence-electron chi connectivity index (χ2n) is 6.53. The van der Waals surface area contributed by atoms with Crippen molar-refractivity contribution in [3.8, 4) is 0 Å². The topological polar surface area (TPSA) is 71.7 Å². The Hall–Kier alpha value is -3.21. The second kappa shape index (κ2) is 7.99. The quantitative estimate of drug-likeness (QED) is 0.713. The zero-order chi connectivity index (χ0) is 19.4. The van der Waals surface area contributed by atoms with Crippen molar-refractivity contribution in [2.24, 2.45) is 0 Å².